The number of nitrogens with zero attached hydrogens (tertiary/aromatic N) is 4. The van der Waals surface area contributed by atoms with Gasteiger partial charge < -0.3 is 10.5 Å². The number of ether oxygens (including phenoxy) is 1. The van der Waals surface area contributed by atoms with Gasteiger partial charge in [0.1, 0.15) is 5.75 Å². The molecule has 0 aliphatic heterocycles. The zero-order valence-electron chi connectivity index (χ0n) is 9.51. The molecule has 2 aromatic rings. The molecule has 2 N–H and O–H groups in total. The lowest BCUT2D eigenvalue weighted by atomic mass is 10.3. The minimum absolute atomic E-state index is 0.233. The number of aryl methyl sites for hydroxylation is 1. The topological polar surface area (TPSA) is 78.8 Å². The summed E-state index contributed by atoms with van der Waals surface area (Å²) < 4.78 is 7.40. The lowest BCUT2D eigenvalue weighted by Gasteiger charge is -2.06. The largest absolute Gasteiger partial charge is 0.497 e. The summed E-state index contributed by atoms with van der Waals surface area (Å²) >= 11 is 3.28. The third-order valence-electron chi connectivity index (χ3n) is 2.17. The van der Waals surface area contributed by atoms with E-state index in [4.69, 9.17) is 10.5 Å². The predicted molar refractivity (Wildman–Crippen MR) is 66.8 cm³/mol. The summed E-state index contributed by atoms with van der Waals surface area (Å²) in [6, 6.07) is 3.73. The Morgan fingerprint density at radius 2 is 2.18 bits per heavy atom. The van der Waals surface area contributed by atoms with Gasteiger partial charge in [-0.1, -0.05) is 0 Å². The zero-order valence-corrected chi connectivity index (χ0v) is 11.1. The van der Waals surface area contributed by atoms with E-state index in [2.05, 4.69) is 31.0 Å². The highest BCUT2D eigenvalue weighted by Gasteiger charge is 2.07. The van der Waals surface area contributed by atoms with Crippen LogP contribution in [0.1, 0.15) is 11.4 Å². The number of rotatable bonds is 3. The van der Waals surface area contributed by atoms with Crippen LogP contribution in [0.25, 0.3) is 0 Å². The molecule has 0 aliphatic carbocycles. The Labute approximate surface area is 107 Å². The van der Waals surface area contributed by atoms with Crippen LogP contribution in [0.3, 0.4) is 0 Å². The van der Waals surface area contributed by atoms with E-state index >= 15 is 0 Å². The second-order valence-corrected chi connectivity index (χ2v) is 4.25. The van der Waals surface area contributed by atoms with Crippen LogP contribution in [0.4, 0.5) is 5.95 Å². The fraction of sp³-hybridized carbons (Fsp3) is 0.300. The normalized spacial score (nSPS) is 10.5. The molecule has 0 aromatic carbocycles. The molecule has 0 fully saturated rings. The zero-order chi connectivity index (χ0) is 12.4. The van der Waals surface area contributed by atoms with Crippen LogP contribution in [0.2, 0.25) is 0 Å². The molecule has 0 radical (unpaired) electrons. The van der Waals surface area contributed by atoms with Gasteiger partial charge in [0.25, 0.3) is 0 Å². The van der Waals surface area contributed by atoms with E-state index in [0.717, 1.165) is 17.1 Å². The lowest BCUT2D eigenvalue weighted by molar-refractivity contribution is 0.412. The Morgan fingerprint density at radius 1 is 1.41 bits per heavy atom. The fourth-order valence-corrected chi connectivity index (χ4v) is 1.88. The maximum atomic E-state index is 5.50. The fourth-order valence-electron chi connectivity index (χ4n) is 1.50. The molecule has 7 heteroatoms. The average Bonchev–Trinajstić information content (AvgIpc) is 2.56. The summed E-state index contributed by atoms with van der Waals surface area (Å²) in [5.41, 5.74) is 7.23. The van der Waals surface area contributed by atoms with Crippen LogP contribution in [-0.2, 0) is 6.54 Å². The van der Waals surface area contributed by atoms with Crippen molar-refractivity contribution in [1.29, 1.82) is 0 Å². The molecule has 6 nitrogen and oxygen atoms in total. The molecular weight excluding hydrogens is 286 g/mol. The van der Waals surface area contributed by atoms with Crippen molar-refractivity contribution in [3.8, 4) is 5.75 Å². The van der Waals surface area contributed by atoms with Gasteiger partial charge in [0.05, 0.1) is 19.3 Å². The molecule has 0 amide bonds. The monoisotopic (exact) mass is 297 g/mol. The Hall–Kier alpha value is -1.63. The van der Waals surface area contributed by atoms with Crippen molar-refractivity contribution in [2.75, 3.05) is 12.8 Å². The Balaban J connectivity index is 2.29. The van der Waals surface area contributed by atoms with Crippen LogP contribution >= 0.6 is 15.9 Å². The first-order valence-electron chi connectivity index (χ1n) is 4.96. The van der Waals surface area contributed by atoms with Gasteiger partial charge in [0.2, 0.25) is 5.95 Å². The molecule has 2 rings (SSSR count). The van der Waals surface area contributed by atoms with E-state index in [1.54, 1.807) is 11.8 Å². The van der Waals surface area contributed by atoms with Gasteiger partial charge in [-0.05, 0) is 22.9 Å². The molecule has 0 saturated heterocycles. The highest BCUT2D eigenvalue weighted by Crippen LogP contribution is 2.16. The van der Waals surface area contributed by atoms with Crippen molar-refractivity contribution >= 4 is 21.9 Å². The number of aromatic nitrogens is 4. The van der Waals surface area contributed by atoms with Crippen molar-refractivity contribution < 1.29 is 4.74 Å². The van der Waals surface area contributed by atoms with Gasteiger partial charge >= 0.3 is 0 Å². The van der Waals surface area contributed by atoms with Gasteiger partial charge in [-0.25, -0.2) is 4.68 Å². The number of halogens is 1. The minimum atomic E-state index is 0.233. The summed E-state index contributed by atoms with van der Waals surface area (Å²) in [6.45, 7) is 2.40. The summed E-state index contributed by atoms with van der Waals surface area (Å²) in [5.74, 6) is 1.01. The van der Waals surface area contributed by atoms with Crippen molar-refractivity contribution in [3.05, 3.63) is 28.3 Å². The minimum Gasteiger partial charge on any atom is -0.497 e. The molecule has 0 aliphatic rings. The molecule has 90 valence electrons. The molecule has 0 spiro atoms. The molecule has 2 heterocycles. The maximum absolute atomic E-state index is 5.50. The number of pyridine rings is 1. The van der Waals surface area contributed by atoms with Crippen molar-refractivity contribution in [2.24, 2.45) is 0 Å². The van der Waals surface area contributed by atoms with Gasteiger partial charge in [-0.2, -0.15) is 4.98 Å². The Morgan fingerprint density at radius 3 is 2.76 bits per heavy atom. The van der Waals surface area contributed by atoms with E-state index in [1.165, 1.54) is 0 Å². The van der Waals surface area contributed by atoms with Crippen molar-refractivity contribution in [3.63, 3.8) is 0 Å². The molecule has 0 unspecified atom stereocenters. The third-order valence-corrected chi connectivity index (χ3v) is 2.76. The second kappa shape index (κ2) is 4.70. The molecular formula is C10H12BrN5O. The molecule has 0 saturated carbocycles. The van der Waals surface area contributed by atoms with E-state index in [1.807, 2.05) is 19.1 Å². The summed E-state index contributed by atoms with van der Waals surface area (Å²) in [6.07, 6.45) is 0. The van der Waals surface area contributed by atoms with Crippen LogP contribution in [0.15, 0.2) is 16.9 Å². The molecule has 0 bridgehead atoms. The Kier molecular flexibility index (Phi) is 3.28. The molecule has 0 atom stereocenters. The molecule has 2 aromatic heterocycles. The number of methoxy groups -OCH3 is 1. The second-order valence-electron chi connectivity index (χ2n) is 3.54. The van der Waals surface area contributed by atoms with Crippen LogP contribution in [0.5, 0.6) is 5.75 Å². The SMILES string of the molecule is COc1cc(C)nc(Cn2nc(N)nc2Br)c1. The first-order valence-corrected chi connectivity index (χ1v) is 5.75. The van der Waals surface area contributed by atoms with Gasteiger partial charge in [-0.15, -0.1) is 5.10 Å². The van der Waals surface area contributed by atoms with Crippen LogP contribution < -0.4 is 10.5 Å². The highest BCUT2D eigenvalue weighted by molar-refractivity contribution is 9.10. The van der Waals surface area contributed by atoms with Crippen molar-refractivity contribution in [1.82, 2.24) is 19.7 Å². The predicted octanol–water partition coefficient (Wildman–Crippen LogP) is 1.38. The first-order chi connectivity index (χ1) is 8.08. The van der Waals surface area contributed by atoms with E-state index in [0.29, 0.717) is 11.3 Å². The maximum Gasteiger partial charge on any atom is 0.240 e. The van der Waals surface area contributed by atoms with Gasteiger partial charge in [-0.3, -0.25) is 4.98 Å². The van der Waals surface area contributed by atoms with Crippen LogP contribution in [-0.4, -0.2) is 26.9 Å². The van der Waals surface area contributed by atoms with Gasteiger partial charge in [0, 0.05) is 17.8 Å². The van der Waals surface area contributed by atoms with Crippen LogP contribution in [0, 0.1) is 6.92 Å². The summed E-state index contributed by atoms with van der Waals surface area (Å²) in [7, 11) is 1.63. The van der Waals surface area contributed by atoms with Crippen molar-refractivity contribution in [2.45, 2.75) is 13.5 Å². The third kappa shape index (κ3) is 2.73. The Bertz CT molecular complexity index is 539. The van der Waals surface area contributed by atoms with E-state index in [9.17, 15) is 0 Å². The van der Waals surface area contributed by atoms with E-state index in [-0.39, 0.29) is 5.95 Å². The number of hydrogen-bond acceptors (Lipinski definition) is 5. The summed E-state index contributed by atoms with van der Waals surface area (Å²) in [4.78, 5) is 8.36. The lowest BCUT2D eigenvalue weighted by Crippen LogP contribution is -2.05. The number of anilines is 1. The highest BCUT2D eigenvalue weighted by atomic mass is 79.9. The van der Waals surface area contributed by atoms with Gasteiger partial charge in [0.15, 0.2) is 4.73 Å². The number of hydrogen-bond donors (Lipinski definition) is 1. The standard InChI is InChI=1S/C10H12BrN5O/c1-6-3-8(17-2)4-7(13-6)5-16-9(11)14-10(12)15-16/h3-4H,5H2,1-2H3,(H2,12,15). The summed E-state index contributed by atoms with van der Waals surface area (Å²) in [5, 5.41) is 4.05. The molecule has 17 heavy (non-hydrogen) atoms. The first kappa shape index (κ1) is 11.8. The number of nitrogens with two attached hydrogens (primary N) is 1. The average molecular weight is 298 g/mol. The number of nitrogen functional groups attached to an aromatic ring is 1. The quantitative estimate of drug-likeness (QED) is 0.926. The smallest absolute Gasteiger partial charge is 0.240 e. The van der Waals surface area contributed by atoms with E-state index < -0.39 is 0 Å².